The lowest BCUT2D eigenvalue weighted by molar-refractivity contribution is 0.206. The fourth-order valence-corrected chi connectivity index (χ4v) is 3.75. The molecule has 1 atom stereocenters. The van der Waals surface area contributed by atoms with Crippen LogP contribution >= 0.6 is 0 Å². The maximum absolute atomic E-state index is 3.51. The van der Waals surface area contributed by atoms with Crippen molar-refractivity contribution in [2.75, 3.05) is 26.2 Å². The van der Waals surface area contributed by atoms with Crippen molar-refractivity contribution in [1.29, 1.82) is 0 Å². The number of nitrogens with one attached hydrogen (secondary N) is 1. The van der Waals surface area contributed by atoms with Gasteiger partial charge in [0.15, 0.2) is 0 Å². The minimum Gasteiger partial charge on any atom is -0.316 e. The summed E-state index contributed by atoms with van der Waals surface area (Å²) in [6.07, 6.45) is 1.31. The Balaban J connectivity index is 1.78. The Kier molecular flexibility index (Phi) is 6.06. The Morgan fingerprint density at radius 3 is 2.50 bits per heavy atom. The van der Waals surface area contributed by atoms with Crippen molar-refractivity contribution in [3.63, 3.8) is 0 Å². The lowest BCUT2D eigenvalue weighted by Crippen LogP contribution is -2.33. The number of rotatable bonds is 7. The van der Waals surface area contributed by atoms with Crippen molar-refractivity contribution in [3.8, 4) is 11.1 Å². The van der Waals surface area contributed by atoms with E-state index in [4.69, 9.17) is 0 Å². The first-order valence-corrected chi connectivity index (χ1v) is 9.29. The summed E-state index contributed by atoms with van der Waals surface area (Å²) in [5, 5.41) is 3.51. The minimum absolute atomic E-state index is 0.697. The van der Waals surface area contributed by atoms with Crippen LogP contribution in [0.2, 0.25) is 0 Å². The van der Waals surface area contributed by atoms with Crippen LogP contribution in [0.3, 0.4) is 0 Å². The molecule has 0 amide bonds. The standard InChI is InChI=1S/C22H30N2/c1-18(2)15-24(16-19-12-13-23-14-19)17-21-10-6-7-11-22(21)20-8-4-3-5-9-20/h3-11,18-19,23H,12-17H2,1-2H3/t19-/m1/s1. The Hall–Kier alpha value is -1.64. The average molecular weight is 322 g/mol. The van der Waals surface area contributed by atoms with Gasteiger partial charge in [-0.15, -0.1) is 0 Å². The van der Waals surface area contributed by atoms with Gasteiger partial charge in [-0.2, -0.15) is 0 Å². The van der Waals surface area contributed by atoms with E-state index in [0.717, 1.165) is 12.5 Å². The van der Waals surface area contributed by atoms with E-state index < -0.39 is 0 Å². The molecule has 1 saturated heterocycles. The van der Waals surface area contributed by atoms with E-state index in [0.29, 0.717) is 5.92 Å². The van der Waals surface area contributed by atoms with Crippen LogP contribution in [0.25, 0.3) is 11.1 Å². The van der Waals surface area contributed by atoms with E-state index in [1.807, 2.05) is 0 Å². The van der Waals surface area contributed by atoms with Gasteiger partial charge >= 0.3 is 0 Å². The monoisotopic (exact) mass is 322 g/mol. The van der Waals surface area contributed by atoms with Gasteiger partial charge in [-0.25, -0.2) is 0 Å². The Morgan fingerprint density at radius 2 is 1.79 bits per heavy atom. The molecule has 0 bridgehead atoms. The zero-order valence-corrected chi connectivity index (χ0v) is 15.0. The van der Waals surface area contributed by atoms with Crippen LogP contribution in [0.1, 0.15) is 25.8 Å². The van der Waals surface area contributed by atoms with Crippen LogP contribution in [0.5, 0.6) is 0 Å². The van der Waals surface area contributed by atoms with Gasteiger partial charge in [0.05, 0.1) is 0 Å². The van der Waals surface area contributed by atoms with Crippen molar-refractivity contribution >= 4 is 0 Å². The Bertz CT molecular complexity index is 615. The van der Waals surface area contributed by atoms with Crippen molar-refractivity contribution in [2.45, 2.75) is 26.8 Å². The van der Waals surface area contributed by atoms with Crippen molar-refractivity contribution < 1.29 is 0 Å². The van der Waals surface area contributed by atoms with Crippen LogP contribution < -0.4 is 5.32 Å². The zero-order chi connectivity index (χ0) is 16.8. The summed E-state index contributed by atoms with van der Waals surface area (Å²) in [4.78, 5) is 2.66. The highest BCUT2D eigenvalue weighted by atomic mass is 15.1. The molecule has 2 heteroatoms. The van der Waals surface area contributed by atoms with Crippen molar-refractivity contribution in [1.82, 2.24) is 10.2 Å². The van der Waals surface area contributed by atoms with Gasteiger partial charge in [-0.1, -0.05) is 68.4 Å². The third kappa shape index (κ3) is 4.68. The third-order valence-corrected chi connectivity index (χ3v) is 4.80. The summed E-state index contributed by atoms with van der Waals surface area (Å²) in [7, 11) is 0. The molecule has 3 rings (SSSR count). The second-order valence-electron chi connectivity index (χ2n) is 7.47. The first kappa shape index (κ1) is 17.2. The van der Waals surface area contributed by atoms with Gasteiger partial charge in [-0.05, 0) is 48.0 Å². The molecule has 1 aliphatic heterocycles. The van der Waals surface area contributed by atoms with Crippen molar-refractivity contribution in [2.24, 2.45) is 11.8 Å². The SMILES string of the molecule is CC(C)CN(Cc1ccccc1-c1ccccc1)C[C@@H]1CCNC1. The summed E-state index contributed by atoms with van der Waals surface area (Å²) in [6.45, 7) is 10.4. The molecule has 0 radical (unpaired) electrons. The molecule has 24 heavy (non-hydrogen) atoms. The van der Waals surface area contributed by atoms with Gasteiger partial charge in [-0.3, -0.25) is 4.90 Å². The highest BCUT2D eigenvalue weighted by molar-refractivity contribution is 5.67. The molecule has 1 fully saturated rings. The molecule has 0 saturated carbocycles. The molecular weight excluding hydrogens is 292 g/mol. The molecule has 0 spiro atoms. The normalized spacial score (nSPS) is 17.8. The van der Waals surface area contributed by atoms with Gasteiger partial charge in [0, 0.05) is 19.6 Å². The molecule has 2 aromatic carbocycles. The molecule has 2 aromatic rings. The van der Waals surface area contributed by atoms with E-state index >= 15 is 0 Å². The number of hydrogen-bond acceptors (Lipinski definition) is 2. The largest absolute Gasteiger partial charge is 0.316 e. The molecule has 0 unspecified atom stereocenters. The topological polar surface area (TPSA) is 15.3 Å². The average Bonchev–Trinajstić information content (AvgIpc) is 3.08. The van der Waals surface area contributed by atoms with Crippen LogP contribution in [0.4, 0.5) is 0 Å². The van der Waals surface area contributed by atoms with E-state index in [1.54, 1.807) is 0 Å². The number of nitrogens with zero attached hydrogens (tertiary/aromatic N) is 1. The van der Waals surface area contributed by atoms with Crippen LogP contribution in [0, 0.1) is 11.8 Å². The molecule has 0 aliphatic carbocycles. The lowest BCUT2D eigenvalue weighted by Gasteiger charge is -2.28. The van der Waals surface area contributed by atoms with Crippen LogP contribution in [-0.4, -0.2) is 31.1 Å². The smallest absolute Gasteiger partial charge is 0.0240 e. The van der Waals surface area contributed by atoms with E-state index in [-0.39, 0.29) is 0 Å². The summed E-state index contributed by atoms with van der Waals surface area (Å²) in [5.74, 6) is 1.50. The van der Waals surface area contributed by atoms with Crippen molar-refractivity contribution in [3.05, 3.63) is 60.2 Å². The predicted molar refractivity (Wildman–Crippen MR) is 103 cm³/mol. The van der Waals surface area contributed by atoms with E-state index in [1.165, 1.54) is 49.3 Å². The number of hydrogen-bond donors (Lipinski definition) is 1. The highest BCUT2D eigenvalue weighted by Gasteiger charge is 2.19. The zero-order valence-electron chi connectivity index (χ0n) is 15.0. The minimum atomic E-state index is 0.697. The van der Waals surface area contributed by atoms with Gasteiger partial charge in [0.1, 0.15) is 0 Å². The Morgan fingerprint density at radius 1 is 1.04 bits per heavy atom. The first-order valence-electron chi connectivity index (χ1n) is 9.29. The highest BCUT2D eigenvalue weighted by Crippen LogP contribution is 2.25. The fraction of sp³-hybridized carbons (Fsp3) is 0.455. The number of benzene rings is 2. The maximum Gasteiger partial charge on any atom is 0.0240 e. The quantitative estimate of drug-likeness (QED) is 0.811. The molecule has 128 valence electrons. The predicted octanol–water partition coefficient (Wildman–Crippen LogP) is 4.42. The fourth-order valence-electron chi connectivity index (χ4n) is 3.75. The van der Waals surface area contributed by atoms with Crippen LogP contribution in [-0.2, 0) is 6.54 Å². The molecule has 1 N–H and O–H groups in total. The van der Waals surface area contributed by atoms with Crippen LogP contribution in [0.15, 0.2) is 54.6 Å². The summed E-state index contributed by atoms with van der Waals surface area (Å²) in [6, 6.07) is 19.7. The second-order valence-corrected chi connectivity index (χ2v) is 7.47. The molecule has 1 aliphatic rings. The first-order chi connectivity index (χ1) is 11.7. The lowest BCUT2D eigenvalue weighted by atomic mass is 9.98. The maximum atomic E-state index is 3.51. The van der Waals surface area contributed by atoms with Gasteiger partial charge in [0.2, 0.25) is 0 Å². The van der Waals surface area contributed by atoms with E-state index in [2.05, 4.69) is 78.7 Å². The third-order valence-electron chi connectivity index (χ3n) is 4.80. The molecular formula is C22H30N2. The van der Waals surface area contributed by atoms with E-state index in [9.17, 15) is 0 Å². The summed E-state index contributed by atoms with van der Waals surface area (Å²) in [5.41, 5.74) is 4.13. The Labute approximate surface area is 146 Å². The summed E-state index contributed by atoms with van der Waals surface area (Å²) < 4.78 is 0. The summed E-state index contributed by atoms with van der Waals surface area (Å²) >= 11 is 0. The van der Waals surface area contributed by atoms with Gasteiger partial charge in [0.25, 0.3) is 0 Å². The molecule has 1 heterocycles. The molecule has 2 nitrogen and oxygen atoms in total. The molecule has 0 aromatic heterocycles. The second kappa shape index (κ2) is 8.46. The van der Waals surface area contributed by atoms with Gasteiger partial charge < -0.3 is 5.32 Å².